The number of cyclic esters (lactones) is 1. The van der Waals surface area contributed by atoms with Crippen molar-refractivity contribution < 1.29 is 9.53 Å². The molecule has 0 bridgehead atoms. The van der Waals surface area contributed by atoms with Gasteiger partial charge in [0.25, 0.3) is 0 Å². The van der Waals surface area contributed by atoms with E-state index in [-0.39, 0.29) is 5.97 Å². The van der Waals surface area contributed by atoms with E-state index in [2.05, 4.69) is 6.92 Å². The van der Waals surface area contributed by atoms with Crippen molar-refractivity contribution in [3.8, 4) is 0 Å². The van der Waals surface area contributed by atoms with Crippen LogP contribution < -0.4 is 0 Å². The van der Waals surface area contributed by atoms with Gasteiger partial charge in [-0.3, -0.25) is 4.79 Å². The Labute approximate surface area is 112 Å². The zero-order chi connectivity index (χ0) is 13.1. The predicted octanol–water partition coefficient (Wildman–Crippen LogP) is 4.86. The Kier molecular flexibility index (Phi) is 8.97. The van der Waals surface area contributed by atoms with E-state index in [1.54, 1.807) is 0 Å². The molecule has 0 aromatic rings. The van der Waals surface area contributed by atoms with E-state index in [0.29, 0.717) is 13.0 Å². The summed E-state index contributed by atoms with van der Waals surface area (Å²) in [5.74, 6) is 0.837. The van der Waals surface area contributed by atoms with Gasteiger partial charge in [0.2, 0.25) is 0 Å². The molecular formula is C16H30O2. The molecule has 1 rings (SSSR count). The van der Waals surface area contributed by atoms with Gasteiger partial charge < -0.3 is 4.74 Å². The van der Waals surface area contributed by atoms with Crippen molar-refractivity contribution in [2.75, 3.05) is 6.61 Å². The third-order valence-electron chi connectivity index (χ3n) is 3.93. The lowest BCUT2D eigenvalue weighted by atomic mass is 9.96. The normalized spacial score (nSPS) is 26.5. The fourth-order valence-electron chi connectivity index (χ4n) is 2.64. The highest BCUT2D eigenvalue weighted by Gasteiger charge is 2.06. The molecule has 0 N–H and O–H groups in total. The van der Waals surface area contributed by atoms with Crippen LogP contribution in [0.3, 0.4) is 0 Å². The number of hydrogen-bond donors (Lipinski definition) is 0. The van der Waals surface area contributed by atoms with Crippen molar-refractivity contribution in [2.45, 2.75) is 84.0 Å². The van der Waals surface area contributed by atoms with Crippen molar-refractivity contribution in [3.05, 3.63) is 0 Å². The van der Waals surface area contributed by atoms with Gasteiger partial charge in [-0.15, -0.1) is 0 Å². The molecule has 1 heterocycles. The largest absolute Gasteiger partial charge is 0.466 e. The minimum Gasteiger partial charge on any atom is -0.466 e. The topological polar surface area (TPSA) is 26.3 Å². The molecule has 0 aliphatic carbocycles. The molecule has 1 fully saturated rings. The van der Waals surface area contributed by atoms with Crippen molar-refractivity contribution in [1.29, 1.82) is 0 Å². The lowest BCUT2D eigenvalue weighted by Crippen LogP contribution is -2.06. The fourth-order valence-corrected chi connectivity index (χ4v) is 2.64. The molecule has 2 nitrogen and oxygen atoms in total. The summed E-state index contributed by atoms with van der Waals surface area (Å²) in [7, 11) is 0. The van der Waals surface area contributed by atoms with Gasteiger partial charge in [-0.05, 0) is 18.8 Å². The second-order valence-electron chi connectivity index (χ2n) is 5.83. The third kappa shape index (κ3) is 8.54. The van der Waals surface area contributed by atoms with Crippen LogP contribution in [0.2, 0.25) is 0 Å². The molecule has 106 valence electrons. The SMILES string of the molecule is C[C@H]1CCCCCCCCCOC(=O)CCCC1. The standard InChI is InChI=1S/C16H30O2/c1-15-11-7-5-3-2-4-6-10-14-18-16(17)13-9-8-12-15/h15H,2-14H2,1H3/t15-/m0/s1. The van der Waals surface area contributed by atoms with Gasteiger partial charge in [0, 0.05) is 6.42 Å². The van der Waals surface area contributed by atoms with Crippen LogP contribution in [0, 0.1) is 5.92 Å². The highest BCUT2D eigenvalue weighted by atomic mass is 16.5. The van der Waals surface area contributed by atoms with E-state index in [0.717, 1.165) is 18.8 Å². The van der Waals surface area contributed by atoms with E-state index in [1.807, 2.05) is 0 Å². The summed E-state index contributed by atoms with van der Waals surface area (Å²) in [6.45, 7) is 2.98. The van der Waals surface area contributed by atoms with Gasteiger partial charge in [-0.2, -0.15) is 0 Å². The van der Waals surface area contributed by atoms with E-state index in [4.69, 9.17) is 4.74 Å². The number of rotatable bonds is 0. The molecule has 0 aromatic heterocycles. The van der Waals surface area contributed by atoms with Crippen LogP contribution in [-0.4, -0.2) is 12.6 Å². The van der Waals surface area contributed by atoms with Crippen molar-refractivity contribution in [3.63, 3.8) is 0 Å². The first-order chi connectivity index (χ1) is 8.79. The maximum atomic E-state index is 11.4. The van der Waals surface area contributed by atoms with Gasteiger partial charge >= 0.3 is 5.97 Å². The van der Waals surface area contributed by atoms with Crippen LogP contribution in [0.25, 0.3) is 0 Å². The van der Waals surface area contributed by atoms with Crippen LogP contribution in [0.1, 0.15) is 84.0 Å². The molecule has 0 unspecified atom stereocenters. The Morgan fingerprint density at radius 3 is 2.11 bits per heavy atom. The second-order valence-corrected chi connectivity index (χ2v) is 5.83. The smallest absolute Gasteiger partial charge is 0.305 e. The first-order valence-electron chi connectivity index (χ1n) is 7.94. The van der Waals surface area contributed by atoms with Crippen LogP contribution in [0.15, 0.2) is 0 Å². The van der Waals surface area contributed by atoms with Crippen molar-refractivity contribution in [2.24, 2.45) is 5.92 Å². The van der Waals surface area contributed by atoms with E-state index in [9.17, 15) is 4.79 Å². The quantitative estimate of drug-likeness (QED) is 0.577. The molecule has 1 aliphatic rings. The summed E-state index contributed by atoms with van der Waals surface area (Å²) >= 11 is 0. The molecule has 0 aromatic carbocycles. The number of hydrogen-bond acceptors (Lipinski definition) is 2. The van der Waals surface area contributed by atoms with Crippen molar-refractivity contribution >= 4 is 5.97 Å². The van der Waals surface area contributed by atoms with Gasteiger partial charge in [0.15, 0.2) is 0 Å². The zero-order valence-corrected chi connectivity index (χ0v) is 12.1. The molecule has 1 saturated heterocycles. The van der Waals surface area contributed by atoms with Crippen LogP contribution in [-0.2, 0) is 9.53 Å². The summed E-state index contributed by atoms with van der Waals surface area (Å²) in [4.78, 5) is 11.4. The molecule has 1 aliphatic heterocycles. The van der Waals surface area contributed by atoms with Crippen LogP contribution in [0.4, 0.5) is 0 Å². The number of carbonyl (C=O) groups excluding carboxylic acids is 1. The minimum atomic E-state index is 0.00903. The Morgan fingerprint density at radius 2 is 1.39 bits per heavy atom. The lowest BCUT2D eigenvalue weighted by Gasteiger charge is -2.11. The van der Waals surface area contributed by atoms with Crippen molar-refractivity contribution in [1.82, 2.24) is 0 Å². The summed E-state index contributed by atoms with van der Waals surface area (Å²) < 4.78 is 5.23. The van der Waals surface area contributed by atoms with Gasteiger partial charge in [-0.25, -0.2) is 0 Å². The zero-order valence-electron chi connectivity index (χ0n) is 12.1. The predicted molar refractivity (Wildman–Crippen MR) is 75.5 cm³/mol. The first kappa shape index (κ1) is 15.5. The molecule has 1 atom stereocenters. The Bertz CT molecular complexity index is 213. The first-order valence-corrected chi connectivity index (χ1v) is 7.94. The third-order valence-corrected chi connectivity index (χ3v) is 3.93. The number of ether oxygens (including phenoxy) is 1. The molecule has 0 saturated carbocycles. The van der Waals surface area contributed by atoms with Gasteiger partial charge in [-0.1, -0.05) is 64.7 Å². The summed E-state index contributed by atoms with van der Waals surface area (Å²) in [5.41, 5.74) is 0. The summed E-state index contributed by atoms with van der Waals surface area (Å²) in [6, 6.07) is 0. The highest BCUT2D eigenvalue weighted by molar-refractivity contribution is 5.69. The highest BCUT2D eigenvalue weighted by Crippen LogP contribution is 2.18. The summed E-state index contributed by atoms with van der Waals surface area (Å²) in [5, 5.41) is 0. The lowest BCUT2D eigenvalue weighted by molar-refractivity contribution is -0.143. The molecule has 18 heavy (non-hydrogen) atoms. The second kappa shape index (κ2) is 10.4. The molecular weight excluding hydrogens is 224 g/mol. The average Bonchev–Trinajstić information content (AvgIpc) is 2.35. The Morgan fingerprint density at radius 1 is 0.833 bits per heavy atom. The molecule has 2 heteroatoms. The maximum absolute atomic E-state index is 11.4. The molecule has 0 amide bonds. The number of carbonyl (C=O) groups is 1. The minimum absolute atomic E-state index is 0.00903. The van der Waals surface area contributed by atoms with Gasteiger partial charge in [0.1, 0.15) is 0 Å². The maximum Gasteiger partial charge on any atom is 0.305 e. The average molecular weight is 254 g/mol. The molecule has 0 radical (unpaired) electrons. The Hall–Kier alpha value is -0.530. The monoisotopic (exact) mass is 254 g/mol. The van der Waals surface area contributed by atoms with Gasteiger partial charge in [0.05, 0.1) is 6.61 Å². The Balaban J connectivity index is 2.20. The van der Waals surface area contributed by atoms with E-state index in [1.165, 1.54) is 57.8 Å². The van der Waals surface area contributed by atoms with Crippen LogP contribution >= 0.6 is 0 Å². The number of esters is 1. The summed E-state index contributed by atoms with van der Waals surface area (Å²) in [6.07, 6.45) is 14.5. The van der Waals surface area contributed by atoms with E-state index < -0.39 is 0 Å². The van der Waals surface area contributed by atoms with E-state index >= 15 is 0 Å². The van der Waals surface area contributed by atoms with Crippen LogP contribution in [0.5, 0.6) is 0 Å². The molecule has 0 spiro atoms. The fraction of sp³-hybridized carbons (Fsp3) is 0.938.